The van der Waals surface area contributed by atoms with E-state index in [9.17, 15) is 28.7 Å². The number of rotatable bonds is 42. The van der Waals surface area contributed by atoms with Crippen molar-refractivity contribution in [3.63, 3.8) is 0 Å². The average Bonchev–Trinajstić information content (AvgIpc) is 3.14. The Balaban J connectivity index is 4.47. The van der Waals surface area contributed by atoms with E-state index in [1.54, 1.807) is 0 Å². The highest BCUT2D eigenvalue weighted by Crippen LogP contribution is 2.43. The first-order chi connectivity index (χ1) is 26.4. The fourth-order valence-corrected chi connectivity index (χ4v) is 7.33. The number of unbranched alkanes of at least 4 members (excludes halogenated alkanes) is 26. The number of carbonyl (C=O) groups excluding carboxylic acids is 2. The molecule has 0 fully saturated rings. The second kappa shape index (κ2) is 37.4. The van der Waals surface area contributed by atoms with E-state index in [2.05, 4.69) is 22.9 Å². The molecular weight excluding hydrogens is 750 g/mol. The lowest BCUT2D eigenvalue weighted by atomic mass is 10.0. The van der Waals surface area contributed by atoms with Crippen LogP contribution in [0.15, 0.2) is 0 Å². The molecule has 0 rings (SSSR count). The molecule has 3 atom stereocenters. The van der Waals surface area contributed by atoms with Crippen molar-refractivity contribution in [2.24, 2.45) is 0 Å². The summed E-state index contributed by atoms with van der Waals surface area (Å²) in [5.74, 6) is -1.02. The van der Waals surface area contributed by atoms with Gasteiger partial charge in [-0.1, -0.05) is 181 Å². The van der Waals surface area contributed by atoms with Gasteiger partial charge in [-0.2, -0.15) is 0 Å². The lowest BCUT2D eigenvalue weighted by Crippen LogP contribution is -2.30. The zero-order valence-electron chi connectivity index (χ0n) is 34.6. The first-order valence-electron chi connectivity index (χ1n) is 21.7. The summed E-state index contributed by atoms with van der Waals surface area (Å²) in [6.07, 6.45) is 30.9. The summed E-state index contributed by atoms with van der Waals surface area (Å²) >= 11 is 0. The van der Waals surface area contributed by atoms with E-state index < -0.39 is 59.6 Å². The largest absolute Gasteiger partial charge is 0.472 e. The summed E-state index contributed by atoms with van der Waals surface area (Å²) in [6.45, 7) is 1.79. The molecule has 0 aromatic rings. The minimum atomic E-state index is -4.85. The van der Waals surface area contributed by atoms with E-state index in [-0.39, 0.29) is 19.4 Å². The summed E-state index contributed by atoms with van der Waals surface area (Å²) in [6, 6.07) is 0. The first-order valence-corrected chi connectivity index (χ1v) is 24.8. The number of esters is 2. The lowest BCUT2D eigenvalue weighted by molar-refractivity contribution is -0.161. The molecule has 0 aliphatic heterocycles. The molecule has 0 heterocycles. The Kier molecular flexibility index (Phi) is 36.8. The quantitative estimate of drug-likeness (QED) is 0.0258. The van der Waals surface area contributed by atoms with E-state index in [1.165, 1.54) is 128 Å². The molecule has 0 aliphatic rings. The number of ether oxygens (including phenoxy) is 2. The van der Waals surface area contributed by atoms with Crippen LogP contribution in [0.4, 0.5) is 0 Å². The van der Waals surface area contributed by atoms with Gasteiger partial charge in [0.1, 0.15) is 12.7 Å². The Hall–Kier alpha value is -0.880. The molecule has 0 radical (unpaired) electrons. The van der Waals surface area contributed by atoms with Gasteiger partial charge in [0.2, 0.25) is 0 Å². The Labute approximate surface area is 333 Å². The molecule has 1 unspecified atom stereocenters. The SMILES string of the molecule is CCCCCCCCCCCCCCCCCC(=O)OC[C@H](COP(=O)(O)OC[C@@H](O)COP(=O)(O)O)OC(=O)CCCCCCCCCCCCCCC. The van der Waals surface area contributed by atoms with Crippen molar-refractivity contribution in [1.29, 1.82) is 0 Å². The standard InChI is InChI=1S/C40H80O13P2/c1-3-5-7-9-11-13-15-17-18-20-21-23-25-27-29-31-39(42)49-35-38(36-52-55(47,48)51-34-37(41)33-50-54(44,45)46)53-40(43)32-30-28-26-24-22-19-16-14-12-10-8-6-4-2/h37-38,41H,3-36H2,1-2H3,(H,47,48)(H2,44,45,46)/t37-,38+/m0/s1. The van der Waals surface area contributed by atoms with Gasteiger partial charge in [-0.15, -0.1) is 0 Å². The van der Waals surface area contributed by atoms with Crippen LogP contribution in [-0.4, -0.2) is 70.4 Å². The molecule has 328 valence electrons. The Morgan fingerprint density at radius 2 is 0.782 bits per heavy atom. The summed E-state index contributed by atoms with van der Waals surface area (Å²) in [5.41, 5.74) is 0. The molecular formula is C40H80O13P2. The smallest absolute Gasteiger partial charge is 0.462 e. The number of carbonyl (C=O) groups is 2. The van der Waals surface area contributed by atoms with Crippen molar-refractivity contribution in [1.82, 2.24) is 0 Å². The van der Waals surface area contributed by atoms with Crippen LogP contribution in [0.5, 0.6) is 0 Å². The number of hydrogen-bond donors (Lipinski definition) is 4. The van der Waals surface area contributed by atoms with Gasteiger partial charge in [-0.25, -0.2) is 9.13 Å². The van der Waals surface area contributed by atoms with Gasteiger partial charge in [0.15, 0.2) is 6.10 Å². The van der Waals surface area contributed by atoms with E-state index in [0.717, 1.165) is 38.5 Å². The number of aliphatic hydroxyl groups excluding tert-OH is 1. The second-order valence-electron chi connectivity index (χ2n) is 15.0. The Morgan fingerprint density at radius 1 is 0.455 bits per heavy atom. The van der Waals surface area contributed by atoms with E-state index in [4.69, 9.17) is 23.8 Å². The van der Waals surface area contributed by atoms with E-state index >= 15 is 0 Å². The maximum atomic E-state index is 12.6. The van der Waals surface area contributed by atoms with Gasteiger partial charge < -0.3 is 29.3 Å². The minimum absolute atomic E-state index is 0.139. The van der Waals surface area contributed by atoms with Crippen molar-refractivity contribution < 1.29 is 61.6 Å². The monoisotopic (exact) mass is 831 g/mol. The Morgan fingerprint density at radius 3 is 1.16 bits per heavy atom. The van der Waals surface area contributed by atoms with Crippen molar-refractivity contribution in [2.75, 3.05) is 26.4 Å². The zero-order valence-corrected chi connectivity index (χ0v) is 36.3. The number of hydrogen-bond acceptors (Lipinski definition) is 10. The molecule has 0 amide bonds. The fraction of sp³-hybridized carbons (Fsp3) is 0.950. The highest BCUT2D eigenvalue weighted by molar-refractivity contribution is 7.47. The topological polar surface area (TPSA) is 195 Å². The highest BCUT2D eigenvalue weighted by atomic mass is 31.2. The van der Waals surface area contributed by atoms with Gasteiger partial charge in [-0.3, -0.25) is 23.2 Å². The molecule has 0 aromatic heterocycles. The number of phosphoric acid groups is 2. The van der Waals surface area contributed by atoms with Gasteiger partial charge >= 0.3 is 27.6 Å². The first kappa shape index (κ1) is 54.1. The van der Waals surface area contributed by atoms with Crippen LogP contribution in [0.1, 0.15) is 206 Å². The third kappa shape index (κ3) is 41.1. The molecule has 0 aromatic carbocycles. The molecule has 0 spiro atoms. The van der Waals surface area contributed by atoms with Crippen LogP contribution >= 0.6 is 15.6 Å². The molecule has 4 N–H and O–H groups in total. The molecule has 0 aliphatic carbocycles. The average molecular weight is 831 g/mol. The van der Waals surface area contributed by atoms with Crippen LogP contribution in [0.2, 0.25) is 0 Å². The third-order valence-corrected chi connectivity index (χ3v) is 10.9. The van der Waals surface area contributed by atoms with Crippen LogP contribution < -0.4 is 0 Å². The minimum Gasteiger partial charge on any atom is -0.462 e. The molecule has 0 saturated heterocycles. The predicted molar refractivity (Wildman–Crippen MR) is 216 cm³/mol. The van der Waals surface area contributed by atoms with E-state index in [0.29, 0.717) is 12.8 Å². The van der Waals surface area contributed by atoms with Crippen LogP contribution in [0.25, 0.3) is 0 Å². The highest BCUT2D eigenvalue weighted by Gasteiger charge is 2.28. The van der Waals surface area contributed by atoms with Crippen molar-refractivity contribution in [3.8, 4) is 0 Å². The molecule has 0 saturated carbocycles. The number of aliphatic hydroxyl groups is 1. The Bertz CT molecular complexity index is 994. The van der Waals surface area contributed by atoms with Gasteiger partial charge in [0.25, 0.3) is 0 Å². The fourth-order valence-electron chi connectivity index (χ4n) is 6.17. The van der Waals surface area contributed by atoms with Crippen LogP contribution in [0, 0.1) is 0 Å². The van der Waals surface area contributed by atoms with Gasteiger partial charge in [0.05, 0.1) is 19.8 Å². The number of phosphoric ester groups is 2. The maximum Gasteiger partial charge on any atom is 0.472 e. The van der Waals surface area contributed by atoms with Crippen LogP contribution in [0.3, 0.4) is 0 Å². The molecule has 13 nitrogen and oxygen atoms in total. The van der Waals surface area contributed by atoms with Crippen LogP contribution in [-0.2, 0) is 41.8 Å². The zero-order chi connectivity index (χ0) is 40.9. The molecule has 55 heavy (non-hydrogen) atoms. The summed E-state index contributed by atoms with van der Waals surface area (Å²) < 4.78 is 47.7. The van der Waals surface area contributed by atoms with Gasteiger partial charge in [-0.05, 0) is 12.8 Å². The third-order valence-electron chi connectivity index (χ3n) is 9.49. The van der Waals surface area contributed by atoms with Gasteiger partial charge in [0, 0.05) is 12.8 Å². The summed E-state index contributed by atoms with van der Waals surface area (Å²) in [5, 5.41) is 9.73. The summed E-state index contributed by atoms with van der Waals surface area (Å²) in [4.78, 5) is 52.6. The molecule has 15 heteroatoms. The van der Waals surface area contributed by atoms with Crippen molar-refractivity contribution >= 4 is 27.6 Å². The predicted octanol–water partition coefficient (Wildman–Crippen LogP) is 10.8. The molecule has 0 bridgehead atoms. The maximum absolute atomic E-state index is 12.6. The van der Waals surface area contributed by atoms with Crippen molar-refractivity contribution in [3.05, 3.63) is 0 Å². The van der Waals surface area contributed by atoms with E-state index in [1.807, 2.05) is 0 Å². The second-order valence-corrected chi connectivity index (χ2v) is 17.7. The summed E-state index contributed by atoms with van der Waals surface area (Å²) in [7, 11) is -9.65. The normalized spacial score (nSPS) is 14.1. The lowest BCUT2D eigenvalue weighted by Gasteiger charge is -2.20. The van der Waals surface area contributed by atoms with Crippen molar-refractivity contribution in [2.45, 2.75) is 219 Å².